The zero-order valence-corrected chi connectivity index (χ0v) is 11.5. The number of carbonyl (C=O) groups is 1. The lowest BCUT2D eigenvalue weighted by atomic mass is 10.1. The largest absolute Gasteiger partial charge is 0.358 e. The van der Waals surface area contributed by atoms with Gasteiger partial charge in [-0.1, -0.05) is 30.0 Å². The molecule has 0 bridgehead atoms. The van der Waals surface area contributed by atoms with E-state index in [1.54, 1.807) is 7.05 Å². The molecule has 4 heteroatoms. The van der Waals surface area contributed by atoms with Gasteiger partial charge in [-0.25, -0.2) is 4.98 Å². The Balaban J connectivity index is 2.32. The summed E-state index contributed by atoms with van der Waals surface area (Å²) < 4.78 is 0. The van der Waals surface area contributed by atoms with Gasteiger partial charge in [0.1, 0.15) is 0 Å². The van der Waals surface area contributed by atoms with Crippen molar-refractivity contribution in [3.05, 3.63) is 35.9 Å². The maximum Gasteiger partial charge on any atom is 0.233 e. The molecule has 0 aliphatic heterocycles. The van der Waals surface area contributed by atoms with E-state index in [9.17, 15) is 4.79 Å². The second kappa shape index (κ2) is 5.40. The Bertz CT molecular complexity index is 583. The first-order chi connectivity index (χ1) is 8.61. The number of hydrogen-bond donors (Lipinski definition) is 1. The van der Waals surface area contributed by atoms with E-state index in [0.29, 0.717) is 0 Å². The van der Waals surface area contributed by atoms with Gasteiger partial charge in [-0.2, -0.15) is 0 Å². The van der Waals surface area contributed by atoms with Crippen molar-refractivity contribution in [3.63, 3.8) is 0 Å². The van der Waals surface area contributed by atoms with Gasteiger partial charge < -0.3 is 5.32 Å². The first-order valence-corrected chi connectivity index (χ1v) is 6.74. The van der Waals surface area contributed by atoms with E-state index in [2.05, 4.69) is 23.3 Å². The fourth-order valence-corrected chi connectivity index (χ4v) is 2.80. The lowest BCUT2D eigenvalue weighted by molar-refractivity contribution is -0.119. The molecular weight excluding hydrogens is 244 g/mol. The van der Waals surface area contributed by atoms with E-state index in [0.717, 1.165) is 15.9 Å². The van der Waals surface area contributed by atoms with Gasteiger partial charge >= 0.3 is 0 Å². The molecule has 0 fully saturated rings. The van der Waals surface area contributed by atoms with Crippen molar-refractivity contribution in [1.82, 2.24) is 10.3 Å². The molecule has 0 aliphatic carbocycles. The first-order valence-electron chi connectivity index (χ1n) is 5.86. The summed E-state index contributed by atoms with van der Waals surface area (Å²) in [4.78, 5) is 16.1. The minimum absolute atomic E-state index is 0.0209. The van der Waals surface area contributed by atoms with Crippen LogP contribution in [0, 0.1) is 6.92 Å². The van der Waals surface area contributed by atoms with Gasteiger partial charge in [-0.3, -0.25) is 4.79 Å². The molecule has 1 atom stereocenters. The smallest absolute Gasteiger partial charge is 0.233 e. The molecule has 0 spiro atoms. The number of amides is 1. The Morgan fingerprint density at radius 3 is 2.83 bits per heavy atom. The number of nitrogens with one attached hydrogen (secondary N) is 1. The summed E-state index contributed by atoms with van der Waals surface area (Å²) in [5.74, 6) is 0.0209. The molecule has 0 saturated heterocycles. The van der Waals surface area contributed by atoms with Crippen molar-refractivity contribution >= 4 is 28.6 Å². The molecule has 2 rings (SSSR count). The number of benzene rings is 1. The quantitative estimate of drug-likeness (QED) is 0.863. The lowest BCUT2D eigenvalue weighted by Crippen LogP contribution is -2.27. The third-order valence-corrected chi connectivity index (χ3v) is 3.83. The van der Waals surface area contributed by atoms with Crippen molar-refractivity contribution in [3.8, 4) is 0 Å². The fraction of sp³-hybridized carbons (Fsp3) is 0.286. The van der Waals surface area contributed by atoms with Gasteiger partial charge in [0.15, 0.2) is 0 Å². The minimum Gasteiger partial charge on any atom is -0.358 e. The van der Waals surface area contributed by atoms with Crippen LogP contribution in [-0.4, -0.2) is 23.2 Å². The van der Waals surface area contributed by atoms with Crippen LogP contribution in [0.4, 0.5) is 0 Å². The number of nitrogens with zero attached hydrogens (tertiary/aromatic N) is 1. The number of fused-ring (bicyclic) bond motifs is 1. The molecule has 0 unspecified atom stereocenters. The lowest BCUT2D eigenvalue weighted by Gasteiger charge is -2.10. The van der Waals surface area contributed by atoms with Crippen molar-refractivity contribution in [2.24, 2.45) is 0 Å². The summed E-state index contributed by atoms with van der Waals surface area (Å²) in [5, 5.41) is 4.57. The standard InChI is InChI=1S/C14H16N2OS/c1-9-8-13(18-10(2)14(17)15-3)16-12-7-5-4-6-11(9)12/h4-8,10H,1-3H3,(H,15,17)/t10-/m1/s1. The van der Waals surface area contributed by atoms with E-state index in [4.69, 9.17) is 0 Å². The van der Waals surface area contributed by atoms with Crippen LogP contribution in [0.15, 0.2) is 35.4 Å². The molecule has 94 valence electrons. The highest BCUT2D eigenvalue weighted by molar-refractivity contribution is 8.00. The van der Waals surface area contributed by atoms with Crippen molar-refractivity contribution < 1.29 is 4.79 Å². The van der Waals surface area contributed by atoms with E-state index >= 15 is 0 Å². The van der Waals surface area contributed by atoms with Crippen LogP contribution in [0.2, 0.25) is 0 Å². The molecule has 1 N–H and O–H groups in total. The van der Waals surface area contributed by atoms with E-state index in [1.807, 2.05) is 31.2 Å². The van der Waals surface area contributed by atoms with Gasteiger partial charge in [-0.15, -0.1) is 0 Å². The molecule has 18 heavy (non-hydrogen) atoms. The fourth-order valence-electron chi connectivity index (χ4n) is 1.82. The number of hydrogen-bond acceptors (Lipinski definition) is 3. The van der Waals surface area contributed by atoms with Gasteiger partial charge in [-0.05, 0) is 31.5 Å². The molecule has 0 saturated carbocycles. The third kappa shape index (κ3) is 2.64. The van der Waals surface area contributed by atoms with Crippen LogP contribution in [0.25, 0.3) is 10.9 Å². The summed E-state index contributed by atoms with van der Waals surface area (Å²) in [7, 11) is 1.65. The summed E-state index contributed by atoms with van der Waals surface area (Å²) in [6, 6.07) is 10.1. The second-order valence-electron chi connectivity index (χ2n) is 4.17. The average molecular weight is 260 g/mol. The summed E-state index contributed by atoms with van der Waals surface area (Å²) in [6.45, 7) is 3.95. The van der Waals surface area contributed by atoms with E-state index < -0.39 is 0 Å². The molecular formula is C14H16N2OS. The topological polar surface area (TPSA) is 42.0 Å². The Morgan fingerprint density at radius 2 is 2.11 bits per heavy atom. The molecule has 1 aromatic heterocycles. The number of thioether (sulfide) groups is 1. The predicted octanol–water partition coefficient (Wildman–Crippen LogP) is 2.77. The first kappa shape index (κ1) is 12.9. The molecule has 0 radical (unpaired) electrons. The number of para-hydroxylation sites is 1. The summed E-state index contributed by atoms with van der Waals surface area (Å²) in [5.41, 5.74) is 2.16. The molecule has 1 amide bonds. The van der Waals surface area contributed by atoms with Crippen LogP contribution >= 0.6 is 11.8 Å². The van der Waals surface area contributed by atoms with Gasteiger partial charge in [0, 0.05) is 12.4 Å². The Labute approximate surface area is 111 Å². The number of pyridine rings is 1. The zero-order chi connectivity index (χ0) is 13.1. The van der Waals surface area contributed by atoms with Crippen LogP contribution in [0.1, 0.15) is 12.5 Å². The average Bonchev–Trinajstić information content (AvgIpc) is 2.37. The van der Waals surface area contributed by atoms with Crippen LogP contribution in [-0.2, 0) is 4.79 Å². The maximum atomic E-state index is 11.5. The van der Waals surface area contributed by atoms with Crippen molar-refractivity contribution in [2.45, 2.75) is 24.1 Å². The minimum atomic E-state index is -0.136. The Kier molecular flexibility index (Phi) is 3.87. The molecule has 2 aromatic rings. The van der Waals surface area contributed by atoms with Crippen LogP contribution in [0.3, 0.4) is 0 Å². The number of carbonyl (C=O) groups excluding carboxylic acids is 1. The molecule has 3 nitrogen and oxygen atoms in total. The highest BCUT2D eigenvalue weighted by Gasteiger charge is 2.14. The van der Waals surface area contributed by atoms with Gasteiger partial charge in [0.25, 0.3) is 0 Å². The second-order valence-corrected chi connectivity index (χ2v) is 5.53. The highest BCUT2D eigenvalue weighted by Crippen LogP contribution is 2.26. The monoisotopic (exact) mass is 260 g/mol. The van der Waals surface area contributed by atoms with Crippen molar-refractivity contribution in [2.75, 3.05) is 7.05 Å². The van der Waals surface area contributed by atoms with Crippen LogP contribution in [0.5, 0.6) is 0 Å². The van der Waals surface area contributed by atoms with Gasteiger partial charge in [0.05, 0.1) is 15.8 Å². The number of aromatic nitrogens is 1. The number of rotatable bonds is 3. The third-order valence-electron chi connectivity index (χ3n) is 2.81. The molecule has 0 aliphatic rings. The van der Waals surface area contributed by atoms with E-state index in [1.165, 1.54) is 17.3 Å². The molecule has 1 heterocycles. The zero-order valence-electron chi connectivity index (χ0n) is 10.7. The normalized spacial score (nSPS) is 12.4. The highest BCUT2D eigenvalue weighted by atomic mass is 32.2. The van der Waals surface area contributed by atoms with Crippen molar-refractivity contribution in [1.29, 1.82) is 0 Å². The predicted molar refractivity (Wildman–Crippen MR) is 75.9 cm³/mol. The number of aryl methyl sites for hydroxylation is 1. The molecule has 1 aromatic carbocycles. The summed E-state index contributed by atoms with van der Waals surface area (Å²) in [6.07, 6.45) is 0. The van der Waals surface area contributed by atoms with Gasteiger partial charge in [0.2, 0.25) is 5.91 Å². The van der Waals surface area contributed by atoms with Crippen LogP contribution < -0.4 is 5.32 Å². The summed E-state index contributed by atoms with van der Waals surface area (Å²) >= 11 is 1.48. The maximum absolute atomic E-state index is 11.5. The SMILES string of the molecule is CNC(=O)[C@@H](C)Sc1cc(C)c2ccccc2n1. The Morgan fingerprint density at radius 1 is 1.39 bits per heavy atom. The Hall–Kier alpha value is -1.55. The van der Waals surface area contributed by atoms with E-state index in [-0.39, 0.29) is 11.2 Å².